The van der Waals surface area contributed by atoms with Gasteiger partial charge in [0.05, 0.1) is 18.9 Å². The standard InChI is InChI=1S/C11H13NO3/c1-2-14-8-6-9(12-11(13)7-8)10-4-3-5-15-10/h3-5,7,9H,2,6H2,1H3,(H,12,13)/t9-/m0/s1. The lowest BCUT2D eigenvalue weighted by Crippen LogP contribution is -2.31. The third kappa shape index (κ3) is 2.21. The number of furan rings is 1. The predicted molar refractivity (Wildman–Crippen MR) is 53.9 cm³/mol. The molecule has 1 aliphatic rings. The number of carbonyl (C=O) groups is 1. The van der Waals surface area contributed by atoms with Gasteiger partial charge in [-0.1, -0.05) is 0 Å². The number of rotatable bonds is 3. The van der Waals surface area contributed by atoms with E-state index in [1.807, 2.05) is 13.0 Å². The highest BCUT2D eigenvalue weighted by Crippen LogP contribution is 2.25. The molecule has 1 aromatic rings. The Kier molecular flexibility index (Phi) is 2.76. The molecular weight excluding hydrogens is 194 g/mol. The first kappa shape index (κ1) is 9.83. The Balaban J connectivity index is 2.12. The lowest BCUT2D eigenvalue weighted by atomic mass is 10.1. The van der Waals surface area contributed by atoms with Gasteiger partial charge in [0, 0.05) is 12.5 Å². The van der Waals surface area contributed by atoms with Gasteiger partial charge >= 0.3 is 0 Å². The van der Waals surface area contributed by atoms with Gasteiger partial charge < -0.3 is 14.5 Å². The second kappa shape index (κ2) is 4.21. The molecule has 0 saturated carbocycles. The smallest absolute Gasteiger partial charge is 0.247 e. The second-order valence-electron chi connectivity index (χ2n) is 3.32. The van der Waals surface area contributed by atoms with Gasteiger partial charge in [-0.2, -0.15) is 0 Å². The predicted octanol–water partition coefficient (Wildman–Crippen LogP) is 1.76. The molecule has 0 spiro atoms. The lowest BCUT2D eigenvalue weighted by molar-refractivity contribution is -0.118. The fourth-order valence-electron chi connectivity index (χ4n) is 1.62. The maximum Gasteiger partial charge on any atom is 0.247 e. The largest absolute Gasteiger partial charge is 0.498 e. The molecule has 4 nitrogen and oxygen atoms in total. The van der Waals surface area contributed by atoms with Crippen LogP contribution < -0.4 is 5.32 Å². The zero-order valence-corrected chi connectivity index (χ0v) is 8.53. The van der Waals surface area contributed by atoms with E-state index in [4.69, 9.17) is 9.15 Å². The molecule has 2 heterocycles. The first-order chi connectivity index (χ1) is 7.29. The second-order valence-corrected chi connectivity index (χ2v) is 3.32. The Morgan fingerprint density at radius 2 is 2.53 bits per heavy atom. The van der Waals surface area contributed by atoms with E-state index in [1.54, 1.807) is 12.3 Å². The number of amides is 1. The highest BCUT2D eigenvalue weighted by Gasteiger charge is 2.23. The van der Waals surface area contributed by atoms with Crippen LogP contribution in [0.4, 0.5) is 0 Å². The van der Waals surface area contributed by atoms with E-state index in [9.17, 15) is 4.79 Å². The van der Waals surface area contributed by atoms with E-state index in [1.165, 1.54) is 6.08 Å². The zero-order valence-electron chi connectivity index (χ0n) is 8.53. The first-order valence-corrected chi connectivity index (χ1v) is 4.97. The lowest BCUT2D eigenvalue weighted by Gasteiger charge is -2.22. The van der Waals surface area contributed by atoms with E-state index in [0.29, 0.717) is 18.8 Å². The molecule has 0 aromatic carbocycles. The van der Waals surface area contributed by atoms with Crippen molar-refractivity contribution in [1.82, 2.24) is 5.32 Å². The minimum atomic E-state index is -0.133. The van der Waals surface area contributed by atoms with E-state index in [-0.39, 0.29) is 11.9 Å². The summed E-state index contributed by atoms with van der Waals surface area (Å²) in [6.45, 7) is 2.47. The van der Waals surface area contributed by atoms with Gasteiger partial charge in [-0.15, -0.1) is 0 Å². The van der Waals surface area contributed by atoms with Gasteiger partial charge in [-0.05, 0) is 19.1 Å². The monoisotopic (exact) mass is 207 g/mol. The average Bonchev–Trinajstić information content (AvgIpc) is 2.70. The summed E-state index contributed by atoms with van der Waals surface area (Å²) >= 11 is 0. The Morgan fingerprint density at radius 1 is 1.67 bits per heavy atom. The fraction of sp³-hybridized carbons (Fsp3) is 0.364. The van der Waals surface area contributed by atoms with Gasteiger partial charge in [0.15, 0.2) is 0 Å². The molecule has 15 heavy (non-hydrogen) atoms. The molecule has 0 aliphatic carbocycles. The highest BCUT2D eigenvalue weighted by atomic mass is 16.5. The molecule has 4 heteroatoms. The summed E-state index contributed by atoms with van der Waals surface area (Å²) in [5.41, 5.74) is 0. The molecule has 1 N–H and O–H groups in total. The van der Waals surface area contributed by atoms with Gasteiger partial charge in [0.2, 0.25) is 5.91 Å². The van der Waals surface area contributed by atoms with Crippen molar-refractivity contribution in [1.29, 1.82) is 0 Å². The third-order valence-corrected chi connectivity index (χ3v) is 2.23. The van der Waals surface area contributed by atoms with Crippen molar-refractivity contribution in [3.63, 3.8) is 0 Å². The fourth-order valence-corrected chi connectivity index (χ4v) is 1.62. The van der Waals surface area contributed by atoms with Crippen molar-refractivity contribution in [2.75, 3.05) is 6.61 Å². The number of ether oxygens (including phenoxy) is 1. The van der Waals surface area contributed by atoms with Crippen LogP contribution in [-0.2, 0) is 9.53 Å². The minimum absolute atomic E-state index is 0.112. The summed E-state index contributed by atoms with van der Waals surface area (Å²) in [7, 11) is 0. The van der Waals surface area contributed by atoms with Crippen LogP contribution in [-0.4, -0.2) is 12.5 Å². The molecule has 0 fully saturated rings. The molecule has 0 bridgehead atoms. The topological polar surface area (TPSA) is 51.5 Å². The Bertz CT molecular complexity index is 367. The van der Waals surface area contributed by atoms with E-state index in [2.05, 4.69) is 5.32 Å². The van der Waals surface area contributed by atoms with Crippen LogP contribution in [0.3, 0.4) is 0 Å². The van der Waals surface area contributed by atoms with Crippen LogP contribution in [0.25, 0.3) is 0 Å². The van der Waals surface area contributed by atoms with Crippen molar-refractivity contribution < 1.29 is 13.9 Å². The quantitative estimate of drug-likeness (QED) is 0.821. The van der Waals surface area contributed by atoms with Crippen LogP contribution in [0.2, 0.25) is 0 Å². The third-order valence-electron chi connectivity index (χ3n) is 2.23. The SMILES string of the molecule is CCOC1=CC(=O)N[C@H](c2ccco2)C1. The summed E-state index contributed by atoms with van der Waals surface area (Å²) in [5, 5.41) is 2.82. The molecule has 0 saturated heterocycles. The summed E-state index contributed by atoms with van der Waals surface area (Å²) in [5.74, 6) is 1.34. The van der Waals surface area contributed by atoms with Crippen LogP contribution in [0.5, 0.6) is 0 Å². The maximum absolute atomic E-state index is 11.3. The van der Waals surface area contributed by atoms with Crippen molar-refractivity contribution in [2.45, 2.75) is 19.4 Å². The van der Waals surface area contributed by atoms with Crippen molar-refractivity contribution in [3.05, 3.63) is 36.0 Å². The van der Waals surface area contributed by atoms with E-state index >= 15 is 0 Å². The van der Waals surface area contributed by atoms with Gasteiger partial charge in [0.25, 0.3) is 0 Å². The molecule has 1 aromatic heterocycles. The van der Waals surface area contributed by atoms with Gasteiger partial charge in [0.1, 0.15) is 11.5 Å². The van der Waals surface area contributed by atoms with Crippen LogP contribution >= 0.6 is 0 Å². The number of hydrogen-bond donors (Lipinski definition) is 1. The van der Waals surface area contributed by atoms with Crippen molar-refractivity contribution in [2.24, 2.45) is 0 Å². The molecule has 1 atom stereocenters. The first-order valence-electron chi connectivity index (χ1n) is 4.97. The number of nitrogens with one attached hydrogen (secondary N) is 1. The summed E-state index contributed by atoms with van der Waals surface area (Å²) in [6.07, 6.45) is 3.73. The van der Waals surface area contributed by atoms with Crippen LogP contribution in [0.15, 0.2) is 34.6 Å². The maximum atomic E-state index is 11.3. The van der Waals surface area contributed by atoms with Crippen molar-refractivity contribution >= 4 is 5.91 Å². The van der Waals surface area contributed by atoms with Gasteiger partial charge in [-0.3, -0.25) is 4.79 Å². The summed E-state index contributed by atoms with van der Waals surface area (Å²) < 4.78 is 10.6. The average molecular weight is 207 g/mol. The van der Waals surface area contributed by atoms with Crippen molar-refractivity contribution in [3.8, 4) is 0 Å². The van der Waals surface area contributed by atoms with E-state index in [0.717, 1.165) is 5.76 Å². The summed E-state index contributed by atoms with van der Waals surface area (Å²) in [6, 6.07) is 3.54. The summed E-state index contributed by atoms with van der Waals surface area (Å²) in [4.78, 5) is 11.3. The normalized spacial score (nSPS) is 20.7. The molecule has 2 rings (SSSR count). The Morgan fingerprint density at radius 3 is 3.20 bits per heavy atom. The Labute approximate surface area is 87.9 Å². The molecule has 1 amide bonds. The molecule has 0 unspecified atom stereocenters. The zero-order chi connectivity index (χ0) is 10.7. The minimum Gasteiger partial charge on any atom is -0.498 e. The molecular formula is C11H13NO3. The number of hydrogen-bond acceptors (Lipinski definition) is 3. The van der Waals surface area contributed by atoms with Gasteiger partial charge in [-0.25, -0.2) is 0 Å². The molecule has 80 valence electrons. The highest BCUT2D eigenvalue weighted by molar-refractivity contribution is 5.89. The number of carbonyl (C=O) groups excluding carboxylic acids is 1. The molecule has 1 aliphatic heterocycles. The van der Waals surface area contributed by atoms with Crippen LogP contribution in [0.1, 0.15) is 25.1 Å². The van der Waals surface area contributed by atoms with Crippen LogP contribution in [0, 0.1) is 0 Å². The Hall–Kier alpha value is -1.71. The van der Waals surface area contributed by atoms with E-state index < -0.39 is 0 Å². The molecule has 0 radical (unpaired) electrons.